The Morgan fingerprint density at radius 1 is 0.641 bits per heavy atom. The fourth-order valence-electron chi connectivity index (χ4n) is 5.21. The minimum Gasteiger partial charge on any atom is -0.465 e. The van der Waals surface area contributed by atoms with Crippen LogP contribution in [0.3, 0.4) is 0 Å². The van der Waals surface area contributed by atoms with Gasteiger partial charge < -0.3 is 14.4 Å². The van der Waals surface area contributed by atoms with Crippen LogP contribution in [0.1, 0.15) is 22.3 Å². The Balaban J connectivity index is 2.01. The van der Waals surface area contributed by atoms with E-state index in [0.29, 0.717) is 5.57 Å². The number of aryl methyl sites for hydroxylation is 1. The highest BCUT2D eigenvalue weighted by molar-refractivity contribution is 6.15. The molecule has 0 aromatic heterocycles. The smallest absolute Gasteiger partial charge is 0.355 e. The predicted molar refractivity (Wildman–Crippen MR) is 153 cm³/mol. The summed E-state index contributed by atoms with van der Waals surface area (Å²) < 4.78 is 10.6. The van der Waals surface area contributed by atoms with E-state index in [2.05, 4.69) is 6.08 Å². The molecule has 4 aromatic carbocycles. The van der Waals surface area contributed by atoms with Crippen LogP contribution in [-0.2, 0) is 24.6 Å². The number of benzene rings is 4. The van der Waals surface area contributed by atoms with Gasteiger partial charge in [0.2, 0.25) is 0 Å². The Kier molecular flexibility index (Phi) is 7.15. The molecule has 0 amide bonds. The van der Waals surface area contributed by atoms with Crippen LogP contribution in [-0.4, -0.2) is 26.2 Å². The Morgan fingerprint density at radius 2 is 1.13 bits per heavy atom. The van der Waals surface area contributed by atoms with Crippen LogP contribution in [0, 0.1) is 6.92 Å². The number of carbonyl (C=O) groups is 2. The van der Waals surface area contributed by atoms with E-state index in [1.165, 1.54) is 14.2 Å². The second-order valence-electron chi connectivity index (χ2n) is 9.30. The Morgan fingerprint density at radius 3 is 1.62 bits per heavy atom. The van der Waals surface area contributed by atoms with Crippen molar-refractivity contribution < 1.29 is 19.1 Å². The molecule has 1 aliphatic rings. The molecule has 0 atom stereocenters. The second kappa shape index (κ2) is 10.8. The average molecular weight is 516 g/mol. The van der Waals surface area contributed by atoms with Crippen LogP contribution in [0.2, 0.25) is 0 Å². The molecule has 39 heavy (non-hydrogen) atoms. The molecule has 5 heteroatoms. The number of ether oxygens (including phenoxy) is 2. The highest BCUT2D eigenvalue weighted by Crippen LogP contribution is 2.50. The summed E-state index contributed by atoms with van der Waals surface area (Å²) in [6.07, 6.45) is 2.06. The first-order chi connectivity index (χ1) is 19.0. The van der Waals surface area contributed by atoms with Gasteiger partial charge in [-0.2, -0.15) is 0 Å². The summed E-state index contributed by atoms with van der Waals surface area (Å²) in [7, 11) is 2.64. The number of nitrogens with zero attached hydrogens (tertiary/aromatic N) is 1. The minimum absolute atomic E-state index is 0.0993. The van der Waals surface area contributed by atoms with Crippen molar-refractivity contribution in [3.8, 4) is 0 Å². The van der Waals surface area contributed by atoms with Crippen molar-refractivity contribution in [2.24, 2.45) is 0 Å². The molecule has 5 rings (SSSR count). The maximum Gasteiger partial charge on any atom is 0.355 e. The van der Waals surface area contributed by atoms with E-state index >= 15 is 0 Å². The van der Waals surface area contributed by atoms with Gasteiger partial charge in [0.05, 0.1) is 19.8 Å². The summed E-state index contributed by atoms with van der Waals surface area (Å²) in [5, 5.41) is 0. The van der Waals surface area contributed by atoms with Crippen LogP contribution < -0.4 is 4.90 Å². The van der Waals surface area contributed by atoms with Crippen LogP contribution in [0.15, 0.2) is 133 Å². The molecule has 194 valence electrons. The number of hydrogen-bond donors (Lipinski definition) is 0. The normalized spacial score (nSPS) is 14.4. The molecule has 1 heterocycles. The van der Waals surface area contributed by atoms with Crippen molar-refractivity contribution in [1.29, 1.82) is 0 Å². The average Bonchev–Trinajstić information content (AvgIpc) is 3.01. The van der Waals surface area contributed by atoms with Crippen LogP contribution in [0.4, 0.5) is 5.69 Å². The number of carbonyl (C=O) groups excluding carboxylic acids is 2. The van der Waals surface area contributed by atoms with Crippen LogP contribution in [0.25, 0.3) is 5.57 Å². The number of anilines is 1. The molecule has 0 N–H and O–H groups in total. The monoisotopic (exact) mass is 515 g/mol. The van der Waals surface area contributed by atoms with Gasteiger partial charge >= 0.3 is 11.9 Å². The summed E-state index contributed by atoms with van der Waals surface area (Å²) in [5.41, 5.74) is 4.19. The Hall–Kier alpha value is -4.90. The van der Waals surface area contributed by atoms with E-state index in [0.717, 1.165) is 27.9 Å². The molecule has 0 radical (unpaired) electrons. The zero-order chi connectivity index (χ0) is 27.4. The summed E-state index contributed by atoms with van der Waals surface area (Å²) >= 11 is 0. The first-order valence-electron chi connectivity index (χ1n) is 12.7. The van der Waals surface area contributed by atoms with E-state index in [9.17, 15) is 9.59 Å². The highest BCUT2D eigenvalue weighted by atomic mass is 16.5. The molecule has 0 unspecified atom stereocenters. The lowest BCUT2D eigenvalue weighted by Gasteiger charge is -2.48. The fraction of sp³-hybridized carbons (Fsp3) is 0.118. The van der Waals surface area contributed by atoms with Gasteiger partial charge in [-0.3, -0.25) is 0 Å². The third kappa shape index (κ3) is 4.53. The Labute approximate surface area is 228 Å². The van der Waals surface area contributed by atoms with Crippen molar-refractivity contribution in [2.45, 2.75) is 12.5 Å². The molecule has 0 fully saturated rings. The van der Waals surface area contributed by atoms with Gasteiger partial charge in [-0.1, -0.05) is 109 Å². The van der Waals surface area contributed by atoms with Crippen molar-refractivity contribution in [3.05, 3.63) is 155 Å². The molecular weight excluding hydrogens is 486 g/mol. The standard InChI is InChI=1S/C34H29NO4/c1-24-19-21-28(22-20-24)35-31(33(37)39-3)30(32(36)38-2)29(25-13-7-4-8-14-25)23-34(35,26-15-9-5-10-16-26)27-17-11-6-12-18-27/h4-23H,1-3H3. The van der Waals surface area contributed by atoms with E-state index in [1.807, 2.05) is 127 Å². The quantitative estimate of drug-likeness (QED) is 0.277. The fourth-order valence-corrected chi connectivity index (χ4v) is 5.21. The van der Waals surface area contributed by atoms with Crippen LogP contribution in [0.5, 0.6) is 0 Å². The second-order valence-corrected chi connectivity index (χ2v) is 9.30. The molecule has 5 nitrogen and oxygen atoms in total. The predicted octanol–water partition coefficient (Wildman–Crippen LogP) is 6.44. The summed E-state index contributed by atoms with van der Waals surface area (Å²) in [4.78, 5) is 29.3. The summed E-state index contributed by atoms with van der Waals surface area (Å²) in [5.74, 6) is -1.27. The minimum atomic E-state index is -1.02. The SMILES string of the molecule is COC(=O)C1=C(C(=O)OC)N(c2ccc(C)cc2)C(c2ccccc2)(c2ccccc2)C=C1c1ccccc1. The number of esters is 2. The van der Waals surface area contributed by atoms with Crippen LogP contribution >= 0.6 is 0 Å². The molecule has 4 aromatic rings. The zero-order valence-corrected chi connectivity index (χ0v) is 22.1. The number of hydrogen-bond acceptors (Lipinski definition) is 5. The molecule has 0 bridgehead atoms. The first kappa shape index (κ1) is 25.7. The van der Waals surface area contributed by atoms with E-state index in [1.54, 1.807) is 0 Å². The van der Waals surface area contributed by atoms with Crippen molar-refractivity contribution in [1.82, 2.24) is 0 Å². The van der Waals surface area contributed by atoms with E-state index < -0.39 is 17.5 Å². The van der Waals surface area contributed by atoms with Gasteiger partial charge in [-0.05, 0) is 47.4 Å². The highest BCUT2D eigenvalue weighted by Gasteiger charge is 2.49. The van der Waals surface area contributed by atoms with Crippen molar-refractivity contribution in [2.75, 3.05) is 19.1 Å². The number of methoxy groups -OCH3 is 2. The zero-order valence-electron chi connectivity index (χ0n) is 22.1. The lowest BCUT2D eigenvalue weighted by Crippen LogP contribution is -2.50. The molecule has 0 saturated carbocycles. The van der Waals surface area contributed by atoms with Gasteiger partial charge in [-0.15, -0.1) is 0 Å². The first-order valence-corrected chi connectivity index (χ1v) is 12.7. The van der Waals surface area contributed by atoms with E-state index in [4.69, 9.17) is 9.47 Å². The largest absolute Gasteiger partial charge is 0.465 e. The molecular formula is C34H29NO4. The molecule has 1 aliphatic heterocycles. The summed E-state index contributed by atoms with van der Waals surface area (Å²) in [6.45, 7) is 2.01. The van der Waals surface area contributed by atoms with Gasteiger partial charge in [0.1, 0.15) is 11.2 Å². The lowest BCUT2D eigenvalue weighted by atomic mass is 9.74. The number of rotatable bonds is 6. The lowest BCUT2D eigenvalue weighted by molar-refractivity contribution is -0.139. The molecule has 0 saturated heterocycles. The van der Waals surface area contributed by atoms with Gasteiger partial charge in [0, 0.05) is 5.69 Å². The maximum atomic E-state index is 13.8. The topological polar surface area (TPSA) is 55.8 Å². The summed E-state index contributed by atoms with van der Waals surface area (Å²) in [6, 6.07) is 37.4. The molecule has 0 aliphatic carbocycles. The maximum absolute atomic E-state index is 13.8. The van der Waals surface area contributed by atoms with Gasteiger partial charge in [-0.25, -0.2) is 9.59 Å². The van der Waals surface area contributed by atoms with E-state index in [-0.39, 0.29) is 11.3 Å². The third-order valence-electron chi connectivity index (χ3n) is 7.01. The van der Waals surface area contributed by atoms with Gasteiger partial charge in [0.25, 0.3) is 0 Å². The Bertz CT molecular complexity index is 1500. The van der Waals surface area contributed by atoms with Crippen molar-refractivity contribution >= 4 is 23.2 Å². The molecule has 0 spiro atoms. The van der Waals surface area contributed by atoms with Gasteiger partial charge in [0.15, 0.2) is 0 Å². The van der Waals surface area contributed by atoms with Crippen molar-refractivity contribution in [3.63, 3.8) is 0 Å². The third-order valence-corrected chi connectivity index (χ3v) is 7.01.